The third kappa shape index (κ3) is 6.86. The number of aliphatic carboxylic acids is 1. The Balaban J connectivity index is 1.47. The minimum atomic E-state index is -0.953. The number of alkyl halides is 2. The van der Waals surface area contributed by atoms with Crippen LogP contribution < -0.4 is 5.32 Å². The maximum atomic E-state index is 13.2. The number of methoxy groups -OCH3 is 1. The van der Waals surface area contributed by atoms with Crippen LogP contribution in [0.25, 0.3) is 0 Å². The smallest absolute Gasteiger partial charge is 0.326 e. The van der Waals surface area contributed by atoms with Crippen LogP contribution in [-0.2, 0) is 19.1 Å². The first-order valence-corrected chi connectivity index (χ1v) is 14.3. The number of halogens is 2. The van der Waals surface area contributed by atoms with Gasteiger partial charge < -0.3 is 19.9 Å². The van der Waals surface area contributed by atoms with E-state index in [4.69, 9.17) is 32.7 Å². The summed E-state index contributed by atoms with van der Waals surface area (Å²) in [7, 11) is 1.69. The summed E-state index contributed by atoms with van der Waals surface area (Å²) in [6.07, 6.45) is 8.98. The number of carboxylic acids is 1. The van der Waals surface area contributed by atoms with Gasteiger partial charge in [0.15, 0.2) is 0 Å². The Kier molecular flexibility index (Phi) is 10.2. The van der Waals surface area contributed by atoms with Crippen LogP contribution in [0.2, 0.25) is 0 Å². The highest BCUT2D eigenvalue weighted by molar-refractivity contribution is 6.24. The van der Waals surface area contributed by atoms with E-state index in [0.29, 0.717) is 19.6 Å². The van der Waals surface area contributed by atoms with Crippen molar-refractivity contribution in [2.45, 2.75) is 108 Å². The first kappa shape index (κ1) is 29.0. The van der Waals surface area contributed by atoms with Gasteiger partial charge >= 0.3 is 5.97 Å². The van der Waals surface area contributed by atoms with E-state index in [-0.39, 0.29) is 51.3 Å². The molecule has 202 valence electrons. The average molecular weight is 535 g/mol. The van der Waals surface area contributed by atoms with Gasteiger partial charge in [-0.25, -0.2) is 4.79 Å². The summed E-state index contributed by atoms with van der Waals surface area (Å²) in [5.74, 6) is -0.849. The van der Waals surface area contributed by atoms with Crippen molar-refractivity contribution in [2.24, 2.45) is 28.6 Å². The summed E-state index contributed by atoms with van der Waals surface area (Å²) in [4.78, 5) is 25.2. The average Bonchev–Trinajstić information content (AvgIpc) is 3.02. The lowest BCUT2D eigenvalue weighted by molar-refractivity contribution is -0.144. The molecule has 2 N–H and O–H groups in total. The van der Waals surface area contributed by atoms with Crippen LogP contribution in [0, 0.1) is 28.6 Å². The van der Waals surface area contributed by atoms with Crippen molar-refractivity contribution in [3.63, 3.8) is 0 Å². The highest BCUT2D eigenvalue weighted by Crippen LogP contribution is 2.56. The zero-order valence-corrected chi connectivity index (χ0v) is 23.4. The maximum Gasteiger partial charge on any atom is 0.326 e. The molecule has 0 spiro atoms. The second kappa shape index (κ2) is 12.3. The van der Waals surface area contributed by atoms with Crippen LogP contribution in [0.3, 0.4) is 0 Å². The molecule has 0 heterocycles. The Morgan fingerprint density at radius 1 is 1.03 bits per heavy atom. The van der Waals surface area contributed by atoms with Crippen molar-refractivity contribution in [1.29, 1.82) is 0 Å². The Morgan fingerprint density at radius 3 is 2.23 bits per heavy atom. The second-order valence-electron chi connectivity index (χ2n) is 12.0. The van der Waals surface area contributed by atoms with Crippen LogP contribution in [0.15, 0.2) is 0 Å². The van der Waals surface area contributed by atoms with Gasteiger partial charge in [-0.05, 0) is 74.5 Å². The lowest BCUT2D eigenvalue weighted by Gasteiger charge is -2.41. The molecular weight excluding hydrogens is 489 g/mol. The summed E-state index contributed by atoms with van der Waals surface area (Å²) in [6, 6.07) is -0.855. The Labute approximate surface area is 221 Å². The Morgan fingerprint density at radius 2 is 1.66 bits per heavy atom. The molecule has 3 fully saturated rings. The van der Waals surface area contributed by atoms with Crippen molar-refractivity contribution in [2.75, 3.05) is 20.3 Å². The van der Waals surface area contributed by atoms with Crippen LogP contribution in [0.5, 0.6) is 0 Å². The predicted octanol–water partition coefficient (Wildman–Crippen LogP) is 5.63. The topological polar surface area (TPSA) is 84.9 Å². The zero-order chi connectivity index (χ0) is 25.8. The van der Waals surface area contributed by atoms with E-state index in [1.54, 1.807) is 7.11 Å². The number of carbonyl (C=O) groups is 2. The van der Waals surface area contributed by atoms with Crippen molar-refractivity contribution in [1.82, 2.24) is 5.32 Å². The number of carboxylic acid groups (broad SMARTS) is 1. The highest BCUT2D eigenvalue weighted by Gasteiger charge is 2.54. The van der Waals surface area contributed by atoms with E-state index in [1.165, 1.54) is 0 Å². The van der Waals surface area contributed by atoms with Crippen molar-refractivity contribution >= 4 is 35.1 Å². The molecule has 0 bridgehead atoms. The molecule has 3 aliphatic carbocycles. The fourth-order valence-electron chi connectivity index (χ4n) is 6.58. The van der Waals surface area contributed by atoms with Gasteiger partial charge in [0.25, 0.3) is 0 Å². The van der Waals surface area contributed by atoms with E-state index < -0.39 is 12.0 Å². The largest absolute Gasteiger partial charge is 0.480 e. The van der Waals surface area contributed by atoms with Gasteiger partial charge in [-0.15, -0.1) is 23.2 Å². The van der Waals surface area contributed by atoms with Gasteiger partial charge in [-0.2, -0.15) is 0 Å². The van der Waals surface area contributed by atoms with Gasteiger partial charge in [0, 0.05) is 29.7 Å². The predicted molar refractivity (Wildman–Crippen MR) is 139 cm³/mol. The molecular formula is C27H45Cl2NO5. The summed E-state index contributed by atoms with van der Waals surface area (Å²) in [5, 5.41) is 12.9. The number of amides is 1. The Hall–Kier alpha value is -0.560. The minimum absolute atomic E-state index is 0.0831. The first-order chi connectivity index (χ1) is 16.5. The molecule has 0 aromatic heterocycles. The quantitative estimate of drug-likeness (QED) is 0.355. The first-order valence-electron chi connectivity index (χ1n) is 13.4. The molecule has 3 saturated carbocycles. The molecule has 1 amide bonds. The van der Waals surface area contributed by atoms with Crippen molar-refractivity contribution in [3.8, 4) is 0 Å². The van der Waals surface area contributed by atoms with Gasteiger partial charge in [0.1, 0.15) is 6.04 Å². The molecule has 3 aliphatic rings. The number of nitrogens with one attached hydrogen (secondary N) is 1. The second-order valence-corrected chi connectivity index (χ2v) is 13.2. The standard InChI is InChI=1S/C27H45Cl2NO5/c1-26(2)20(12-13-27(26,3)16-34-4)24(31)30-23(25(32)33)14-17-8-10-18(11-9-17)35-15-19-21(28)6-5-7-22(19)29/h17-23H,5-16H2,1-4H3,(H,30,31)(H,32,33)/t17?,18?,19?,20-,21?,22?,23+,27+/m1/s1. The molecule has 0 aromatic carbocycles. The van der Waals surface area contributed by atoms with E-state index in [1.807, 2.05) is 0 Å². The molecule has 0 aromatic rings. The molecule has 3 rings (SSSR count). The SMILES string of the molecule is COC[C@]1(C)CC[C@H](C(=O)N[C@@H](CC2CCC(OCC3C(Cl)CCCC3Cl)CC2)C(=O)O)C1(C)C. The van der Waals surface area contributed by atoms with E-state index in [0.717, 1.165) is 57.8 Å². The van der Waals surface area contributed by atoms with Crippen LogP contribution in [0.4, 0.5) is 0 Å². The highest BCUT2D eigenvalue weighted by atomic mass is 35.5. The van der Waals surface area contributed by atoms with Gasteiger partial charge in [-0.1, -0.05) is 27.2 Å². The van der Waals surface area contributed by atoms with E-state index in [9.17, 15) is 14.7 Å². The van der Waals surface area contributed by atoms with Crippen LogP contribution >= 0.6 is 23.2 Å². The van der Waals surface area contributed by atoms with Crippen LogP contribution in [-0.4, -0.2) is 60.2 Å². The fourth-order valence-corrected chi connectivity index (χ4v) is 7.46. The maximum absolute atomic E-state index is 13.2. The number of ether oxygens (including phenoxy) is 2. The molecule has 5 atom stereocenters. The molecule has 0 aliphatic heterocycles. The lowest BCUT2D eigenvalue weighted by atomic mass is 9.66. The van der Waals surface area contributed by atoms with Crippen LogP contribution in [0.1, 0.15) is 85.0 Å². The summed E-state index contributed by atoms with van der Waals surface area (Å²) >= 11 is 13.0. The molecule has 0 saturated heterocycles. The normalized spacial score (nSPS) is 38.1. The van der Waals surface area contributed by atoms with E-state index in [2.05, 4.69) is 26.1 Å². The number of carbonyl (C=O) groups excluding carboxylic acids is 1. The molecule has 35 heavy (non-hydrogen) atoms. The van der Waals surface area contributed by atoms with E-state index >= 15 is 0 Å². The zero-order valence-electron chi connectivity index (χ0n) is 21.9. The summed E-state index contributed by atoms with van der Waals surface area (Å²) in [6.45, 7) is 7.56. The number of hydrogen-bond donors (Lipinski definition) is 2. The third-order valence-electron chi connectivity index (χ3n) is 9.58. The third-order valence-corrected chi connectivity index (χ3v) is 10.7. The molecule has 6 nitrogen and oxygen atoms in total. The van der Waals surface area contributed by atoms with Gasteiger partial charge in [0.2, 0.25) is 5.91 Å². The molecule has 8 heteroatoms. The lowest BCUT2D eigenvalue weighted by Crippen LogP contribution is -2.49. The summed E-state index contributed by atoms with van der Waals surface area (Å²) < 4.78 is 11.6. The number of rotatable bonds is 10. The van der Waals surface area contributed by atoms with Crippen molar-refractivity contribution in [3.05, 3.63) is 0 Å². The summed E-state index contributed by atoms with van der Waals surface area (Å²) in [5.41, 5.74) is -0.376. The number of hydrogen-bond acceptors (Lipinski definition) is 4. The van der Waals surface area contributed by atoms with Gasteiger partial charge in [0.05, 0.1) is 19.3 Å². The molecule has 0 radical (unpaired) electrons. The molecule has 2 unspecified atom stereocenters. The van der Waals surface area contributed by atoms with Gasteiger partial charge in [-0.3, -0.25) is 4.79 Å². The monoisotopic (exact) mass is 533 g/mol. The fraction of sp³-hybridized carbons (Fsp3) is 0.926. The minimum Gasteiger partial charge on any atom is -0.480 e. The Bertz CT molecular complexity index is 716. The van der Waals surface area contributed by atoms with Crippen molar-refractivity contribution < 1.29 is 24.2 Å².